The predicted molar refractivity (Wildman–Crippen MR) is 98.0 cm³/mol. The van der Waals surface area contributed by atoms with E-state index in [1.807, 2.05) is 13.2 Å². The van der Waals surface area contributed by atoms with Gasteiger partial charge in [-0.25, -0.2) is 9.36 Å². The molecule has 2 rings (SSSR count). The van der Waals surface area contributed by atoms with Gasteiger partial charge in [0.2, 0.25) is 0 Å². The highest BCUT2D eigenvalue weighted by Gasteiger charge is 2.39. The van der Waals surface area contributed by atoms with Gasteiger partial charge in [0.25, 0.3) is 5.56 Å². The summed E-state index contributed by atoms with van der Waals surface area (Å²) < 4.78 is 28.4. The Balaban J connectivity index is 2.20. The summed E-state index contributed by atoms with van der Waals surface area (Å²) in [5.74, 6) is 0. The van der Waals surface area contributed by atoms with Crippen LogP contribution in [-0.4, -0.2) is 49.8 Å². The number of aromatic amines is 1. The molecule has 0 aliphatic carbocycles. The fourth-order valence-electron chi connectivity index (χ4n) is 2.54. The van der Waals surface area contributed by atoms with E-state index in [-0.39, 0.29) is 18.5 Å². The van der Waals surface area contributed by atoms with Crippen LogP contribution in [0.3, 0.4) is 0 Å². The van der Waals surface area contributed by atoms with Gasteiger partial charge in [-0.2, -0.15) is 0 Å². The van der Waals surface area contributed by atoms with E-state index in [1.54, 1.807) is 6.92 Å². The van der Waals surface area contributed by atoms with Gasteiger partial charge in [-0.3, -0.25) is 18.9 Å². The second kappa shape index (κ2) is 9.07. The molecule has 2 heterocycles. The van der Waals surface area contributed by atoms with Crippen LogP contribution in [-0.2, 0) is 18.6 Å². The van der Waals surface area contributed by atoms with Crippen molar-refractivity contribution in [3.8, 4) is 0 Å². The first-order valence-corrected chi connectivity index (χ1v) is 11.8. The lowest BCUT2D eigenvalue weighted by molar-refractivity contribution is -0.0635. The van der Waals surface area contributed by atoms with Gasteiger partial charge in [0.1, 0.15) is 17.8 Å². The molecule has 1 saturated heterocycles. The minimum atomic E-state index is -4.67. The van der Waals surface area contributed by atoms with E-state index in [0.717, 1.165) is 0 Å². The molecule has 1 aromatic heterocycles. The van der Waals surface area contributed by atoms with Crippen molar-refractivity contribution in [2.45, 2.75) is 44.1 Å². The molecule has 0 saturated carbocycles. The van der Waals surface area contributed by atoms with E-state index in [4.69, 9.17) is 19.3 Å². The summed E-state index contributed by atoms with van der Waals surface area (Å²) >= 11 is 0. The highest BCUT2D eigenvalue weighted by molar-refractivity contribution is 8.76. The van der Waals surface area contributed by atoms with Gasteiger partial charge >= 0.3 is 13.5 Å². The quantitative estimate of drug-likeness (QED) is 0.312. The van der Waals surface area contributed by atoms with Crippen molar-refractivity contribution in [2.75, 3.05) is 12.9 Å². The SMILES string of the molecule is CSS[C@@H](C)O[C@@H]1C[C@H](n2cc(C)c(=O)[nH]c2=O)O[C@@H]1COP(=O)(O)O. The van der Waals surface area contributed by atoms with Crippen molar-refractivity contribution in [1.29, 1.82) is 0 Å². The zero-order chi connectivity index (χ0) is 19.5. The predicted octanol–water partition coefficient (Wildman–Crippen LogP) is 0.984. The van der Waals surface area contributed by atoms with Crippen molar-refractivity contribution in [2.24, 2.45) is 0 Å². The van der Waals surface area contributed by atoms with Crippen LogP contribution in [0, 0.1) is 6.92 Å². The number of hydrogen-bond acceptors (Lipinski definition) is 8. The normalized spacial score (nSPS) is 24.7. The lowest BCUT2D eigenvalue weighted by Crippen LogP contribution is -2.33. The molecule has 1 aliphatic heterocycles. The van der Waals surface area contributed by atoms with E-state index < -0.39 is 37.5 Å². The van der Waals surface area contributed by atoms with E-state index in [1.165, 1.54) is 32.4 Å². The van der Waals surface area contributed by atoms with Gasteiger partial charge < -0.3 is 19.3 Å². The van der Waals surface area contributed by atoms with E-state index in [2.05, 4.69) is 9.51 Å². The third kappa shape index (κ3) is 5.96. The molecule has 0 unspecified atom stereocenters. The topological polar surface area (TPSA) is 140 Å². The summed E-state index contributed by atoms with van der Waals surface area (Å²) in [6.07, 6.45) is 1.47. The second-order valence-electron chi connectivity index (χ2n) is 5.63. The highest BCUT2D eigenvalue weighted by Crippen LogP contribution is 2.39. The first kappa shape index (κ1) is 21.7. The van der Waals surface area contributed by atoms with Crippen LogP contribution in [0.2, 0.25) is 0 Å². The summed E-state index contributed by atoms with van der Waals surface area (Å²) in [7, 11) is -1.68. The maximum atomic E-state index is 12.1. The summed E-state index contributed by atoms with van der Waals surface area (Å²) in [5, 5.41) is 0. The Morgan fingerprint density at radius 1 is 1.50 bits per heavy atom. The highest BCUT2D eigenvalue weighted by atomic mass is 33.1. The Kier molecular flexibility index (Phi) is 7.57. The Morgan fingerprint density at radius 2 is 2.19 bits per heavy atom. The van der Waals surface area contributed by atoms with Gasteiger partial charge in [-0.1, -0.05) is 21.6 Å². The molecule has 26 heavy (non-hydrogen) atoms. The Hall–Kier alpha value is -0.590. The van der Waals surface area contributed by atoms with Crippen LogP contribution in [0.25, 0.3) is 0 Å². The molecule has 0 aromatic carbocycles. The number of ether oxygens (including phenoxy) is 2. The lowest BCUT2D eigenvalue weighted by Gasteiger charge is -2.22. The smallest absolute Gasteiger partial charge is 0.361 e. The van der Waals surface area contributed by atoms with Crippen LogP contribution < -0.4 is 11.2 Å². The number of aromatic nitrogens is 2. The first-order valence-electron chi connectivity index (χ1n) is 7.63. The largest absolute Gasteiger partial charge is 0.469 e. The van der Waals surface area contributed by atoms with Crippen molar-refractivity contribution in [1.82, 2.24) is 9.55 Å². The van der Waals surface area contributed by atoms with Crippen LogP contribution in [0.4, 0.5) is 0 Å². The maximum absolute atomic E-state index is 12.1. The number of phosphoric ester groups is 1. The average molecular weight is 428 g/mol. The molecule has 13 heteroatoms. The molecule has 148 valence electrons. The molecule has 1 aromatic rings. The molecule has 1 fully saturated rings. The van der Waals surface area contributed by atoms with Crippen LogP contribution in [0.1, 0.15) is 25.1 Å². The number of nitrogens with one attached hydrogen (secondary N) is 1. The van der Waals surface area contributed by atoms with Crippen LogP contribution >= 0.6 is 29.4 Å². The number of hydrogen-bond donors (Lipinski definition) is 3. The summed E-state index contributed by atoms with van der Waals surface area (Å²) in [4.78, 5) is 43.6. The number of phosphoric acid groups is 1. The molecule has 10 nitrogen and oxygen atoms in total. The first-order chi connectivity index (χ1) is 12.1. The number of nitrogens with zero attached hydrogens (tertiary/aromatic N) is 1. The van der Waals surface area contributed by atoms with Gasteiger partial charge in [0.15, 0.2) is 0 Å². The van der Waals surface area contributed by atoms with Gasteiger partial charge in [0, 0.05) is 18.2 Å². The second-order valence-corrected chi connectivity index (χ2v) is 9.64. The Morgan fingerprint density at radius 3 is 2.81 bits per heavy atom. The number of H-pyrrole nitrogens is 1. The van der Waals surface area contributed by atoms with E-state index in [0.29, 0.717) is 5.56 Å². The van der Waals surface area contributed by atoms with E-state index in [9.17, 15) is 14.2 Å². The van der Waals surface area contributed by atoms with Crippen molar-refractivity contribution < 1.29 is 28.3 Å². The zero-order valence-corrected chi connectivity index (χ0v) is 16.9. The summed E-state index contributed by atoms with van der Waals surface area (Å²) in [6.45, 7) is 3.01. The molecule has 4 atom stereocenters. The lowest BCUT2D eigenvalue weighted by atomic mass is 10.2. The molecular weight excluding hydrogens is 407 g/mol. The van der Waals surface area contributed by atoms with Crippen molar-refractivity contribution in [3.05, 3.63) is 32.6 Å². The molecule has 0 amide bonds. The molecule has 1 aliphatic rings. The fourth-order valence-corrected chi connectivity index (χ4v) is 4.29. The minimum absolute atomic E-state index is 0.205. The van der Waals surface area contributed by atoms with Crippen molar-refractivity contribution >= 4 is 29.4 Å². The van der Waals surface area contributed by atoms with Gasteiger partial charge in [-0.15, -0.1) is 0 Å². The minimum Gasteiger partial charge on any atom is -0.361 e. The average Bonchev–Trinajstić information content (AvgIpc) is 2.91. The Labute approximate surface area is 157 Å². The molecule has 3 N–H and O–H groups in total. The zero-order valence-electron chi connectivity index (χ0n) is 14.4. The Bertz CT molecular complexity index is 778. The van der Waals surface area contributed by atoms with Crippen molar-refractivity contribution in [3.63, 3.8) is 0 Å². The third-order valence-corrected chi connectivity index (χ3v) is 6.09. The van der Waals surface area contributed by atoms with Gasteiger partial charge in [0.05, 0.1) is 12.7 Å². The van der Waals surface area contributed by atoms with Crippen LogP contribution in [0.5, 0.6) is 0 Å². The fraction of sp³-hybridized carbons (Fsp3) is 0.692. The molecule has 0 bridgehead atoms. The molecular formula is C13H21N2O8PS2. The summed E-state index contributed by atoms with van der Waals surface area (Å²) in [5.41, 5.74) is -0.980. The van der Waals surface area contributed by atoms with Gasteiger partial charge in [-0.05, 0) is 20.1 Å². The monoisotopic (exact) mass is 428 g/mol. The maximum Gasteiger partial charge on any atom is 0.469 e. The third-order valence-electron chi connectivity index (χ3n) is 3.64. The standard InChI is InChI=1S/C13H21N2O8PS2/c1-7-5-15(13(17)14-12(7)16)11-4-9(22-8(2)26-25-3)10(23-11)6-21-24(18,19)20/h5,8-11H,4,6H2,1-3H3,(H,14,16,17)(H2,18,19,20)/t8-,9+,10+,11+/m0/s1. The number of rotatable bonds is 8. The number of aryl methyl sites for hydroxylation is 1. The molecule has 0 radical (unpaired) electrons. The summed E-state index contributed by atoms with van der Waals surface area (Å²) in [6, 6.07) is 0. The van der Waals surface area contributed by atoms with E-state index >= 15 is 0 Å². The van der Waals surface area contributed by atoms with Crippen LogP contribution in [0.15, 0.2) is 15.8 Å². The molecule has 0 spiro atoms.